The highest BCUT2D eigenvalue weighted by molar-refractivity contribution is 5.89. The molecule has 0 bridgehead atoms. The van der Waals surface area contributed by atoms with E-state index in [0.29, 0.717) is 11.0 Å². The quantitative estimate of drug-likeness (QED) is 0.580. The zero-order valence-electron chi connectivity index (χ0n) is 8.73. The van der Waals surface area contributed by atoms with Crippen LogP contribution in [0.5, 0.6) is 0 Å². The standard InChI is InChI=1S/C9H16N2O3/c1-11(2,3)4-5-6(8(10)12)7(5)9(13)14/h5-7H,4H2,1-3H3,(H2-,10,12,13,14)/p+1/t5-,6-,7-/m1/s1. The van der Waals surface area contributed by atoms with Crippen molar-refractivity contribution < 1.29 is 19.2 Å². The molecule has 0 heterocycles. The topological polar surface area (TPSA) is 80.4 Å². The van der Waals surface area contributed by atoms with Crippen LogP contribution in [0.15, 0.2) is 0 Å². The maximum atomic E-state index is 10.9. The minimum atomic E-state index is -0.910. The molecule has 0 radical (unpaired) electrons. The van der Waals surface area contributed by atoms with Gasteiger partial charge in [-0.25, -0.2) is 0 Å². The second-order valence-corrected chi connectivity index (χ2v) is 4.93. The summed E-state index contributed by atoms with van der Waals surface area (Å²) in [5.74, 6) is -2.53. The third kappa shape index (κ3) is 2.23. The number of primary amides is 1. The third-order valence-corrected chi connectivity index (χ3v) is 2.54. The molecule has 0 aromatic carbocycles. The molecule has 0 saturated heterocycles. The van der Waals surface area contributed by atoms with Gasteiger partial charge in [0.2, 0.25) is 5.91 Å². The van der Waals surface area contributed by atoms with Gasteiger partial charge in [0.15, 0.2) is 0 Å². The van der Waals surface area contributed by atoms with Crippen molar-refractivity contribution in [2.24, 2.45) is 23.5 Å². The predicted molar refractivity (Wildman–Crippen MR) is 50.2 cm³/mol. The molecule has 0 aromatic heterocycles. The Bertz CT molecular complexity index is 250. The average Bonchev–Trinajstić information content (AvgIpc) is 2.57. The van der Waals surface area contributed by atoms with Crippen molar-refractivity contribution in [3.8, 4) is 0 Å². The fraction of sp³-hybridized carbons (Fsp3) is 0.778. The van der Waals surface area contributed by atoms with Crippen molar-refractivity contribution in [2.75, 3.05) is 27.7 Å². The molecule has 5 heteroatoms. The SMILES string of the molecule is C[N+](C)(C)C[C@@H]1[C@@H](C(N)=O)[C@@H]1C(=O)O. The highest BCUT2D eigenvalue weighted by Gasteiger charge is 2.60. The fourth-order valence-electron chi connectivity index (χ4n) is 1.96. The number of nitrogens with zero attached hydrogens (tertiary/aromatic N) is 1. The van der Waals surface area contributed by atoms with Gasteiger partial charge < -0.3 is 15.3 Å². The summed E-state index contributed by atoms with van der Waals surface area (Å²) in [6.45, 7) is 0.671. The summed E-state index contributed by atoms with van der Waals surface area (Å²) >= 11 is 0. The third-order valence-electron chi connectivity index (χ3n) is 2.54. The van der Waals surface area contributed by atoms with Crippen molar-refractivity contribution in [3.63, 3.8) is 0 Å². The van der Waals surface area contributed by atoms with Gasteiger partial charge in [-0.05, 0) is 0 Å². The van der Waals surface area contributed by atoms with Gasteiger partial charge >= 0.3 is 5.97 Å². The molecule has 0 unspecified atom stereocenters. The molecular weight excluding hydrogens is 184 g/mol. The van der Waals surface area contributed by atoms with Gasteiger partial charge in [-0.3, -0.25) is 9.59 Å². The number of rotatable bonds is 4. The van der Waals surface area contributed by atoms with Crippen LogP contribution < -0.4 is 5.73 Å². The number of aliphatic carboxylic acids is 1. The van der Waals surface area contributed by atoms with Gasteiger partial charge in [-0.1, -0.05) is 0 Å². The first kappa shape index (κ1) is 11.0. The Morgan fingerprint density at radius 2 is 1.79 bits per heavy atom. The highest BCUT2D eigenvalue weighted by atomic mass is 16.4. The zero-order chi connectivity index (χ0) is 11.1. The summed E-state index contributed by atoms with van der Waals surface area (Å²) in [5, 5.41) is 8.83. The summed E-state index contributed by atoms with van der Waals surface area (Å²) in [5.41, 5.74) is 5.13. The van der Waals surface area contributed by atoms with Gasteiger partial charge in [-0.2, -0.15) is 0 Å². The number of quaternary nitrogens is 1. The van der Waals surface area contributed by atoms with E-state index < -0.39 is 23.7 Å². The number of carboxylic acid groups (broad SMARTS) is 1. The van der Waals surface area contributed by atoms with E-state index in [0.717, 1.165) is 0 Å². The maximum absolute atomic E-state index is 10.9. The number of hydrogen-bond donors (Lipinski definition) is 2. The number of nitrogens with two attached hydrogens (primary N) is 1. The van der Waals surface area contributed by atoms with E-state index in [1.54, 1.807) is 0 Å². The number of hydrogen-bond acceptors (Lipinski definition) is 2. The lowest BCUT2D eigenvalue weighted by Gasteiger charge is -2.23. The van der Waals surface area contributed by atoms with Crippen LogP contribution in [-0.2, 0) is 9.59 Å². The van der Waals surface area contributed by atoms with Crippen LogP contribution in [0.3, 0.4) is 0 Å². The number of carbonyl (C=O) groups excluding carboxylic acids is 1. The summed E-state index contributed by atoms with van der Waals surface area (Å²) in [4.78, 5) is 21.7. The van der Waals surface area contributed by atoms with E-state index >= 15 is 0 Å². The number of amides is 1. The van der Waals surface area contributed by atoms with Gasteiger partial charge in [-0.15, -0.1) is 0 Å². The number of carboxylic acids is 1. The van der Waals surface area contributed by atoms with Gasteiger partial charge in [0, 0.05) is 5.92 Å². The molecule has 1 aliphatic rings. The molecule has 3 N–H and O–H groups in total. The van der Waals surface area contributed by atoms with E-state index in [4.69, 9.17) is 10.8 Å². The Morgan fingerprint density at radius 3 is 2.00 bits per heavy atom. The molecule has 1 aliphatic carbocycles. The second kappa shape index (κ2) is 3.24. The molecule has 1 fully saturated rings. The Labute approximate surface area is 83.1 Å². The van der Waals surface area contributed by atoms with Crippen molar-refractivity contribution >= 4 is 11.9 Å². The molecule has 0 aliphatic heterocycles. The van der Waals surface area contributed by atoms with E-state index in [-0.39, 0.29) is 5.92 Å². The van der Waals surface area contributed by atoms with Crippen LogP contribution in [0.1, 0.15) is 0 Å². The zero-order valence-corrected chi connectivity index (χ0v) is 8.73. The minimum absolute atomic E-state index is 0.0926. The van der Waals surface area contributed by atoms with E-state index in [1.165, 1.54) is 0 Å². The molecule has 0 aromatic rings. The molecule has 14 heavy (non-hydrogen) atoms. The lowest BCUT2D eigenvalue weighted by atomic mass is 10.3. The Hall–Kier alpha value is -1.10. The molecular formula is C9H17N2O3+. The normalized spacial score (nSPS) is 31.2. The molecule has 1 rings (SSSR count). The van der Waals surface area contributed by atoms with Crippen LogP contribution in [0.4, 0.5) is 0 Å². The van der Waals surface area contributed by atoms with Crippen LogP contribution in [0.2, 0.25) is 0 Å². The van der Waals surface area contributed by atoms with Crippen LogP contribution >= 0.6 is 0 Å². The lowest BCUT2D eigenvalue weighted by molar-refractivity contribution is -0.872. The number of carbonyl (C=O) groups is 2. The van der Waals surface area contributed by atoms with Gasteiger partial charge in [0.05, 0.1) is 39.5 Å². The van der Waals surface area contributed by atoms with Gasteiger partial charge in [0.25, 0.3) is 0 Å². The summed E-state index contributed by atoms with van der Waals surface area (Å²) in [6, 6.07) is 0. The van der Waals surface area contributed by atoms with Crippen LogP contribution in [-0.4, -0.2) is 49.2 Å². The van der Waals surface area contributed by atoms with E-state index in [2.05, 4.69) is 0 Å². The molecule has 1 amide bonds. The Morgan fingerprint density at radius 1 is 1.29 bits per heavy atom. The predicted octanol–water partition coefficient (Wildman–Crippen LogP) is -0.875. The largest absolute Gasteiger partial charge is 0.481 e. The summed E-state index contributed by atoms with van der Waals surface area (Å²) in [6.07, 6.45) is 0. The lowest BCUT2D eigenvalue weighted by Crippen LogP contribution is -2.37. The van der Waals surface area contributed by atoms with Crippen molar-refractivity contribution in [2.45, 2.75) is 0 Å². The summed E-state index contributed by atoms with van der Waals surface area (Å²) in [7, 11) is 5.90. The molecule has 5 nitrogen and oxygen atoms in total. The van der Waals surface area contributed by atoms with Crippen LogP contribution in [0, 0.1) is 17.8 Å². The highest BCUT2D eigenvalue weighted by Crippen LogP contribution is 2.47. The first-order valence-corrected chi connectivity index (χ1v) is 4.56. The molecule has 3 atom stereocenters. The fourth-order valence-corrected chi connectivity index (χ4v) is 1.96. The van der Waals surface area contributed by atoms with E-state index in [9.17, 15) is 9.59 Å². The summed E-state index contributed by atoms with van der Waals surface area (Å²) < 4.78 is 0.651. The Balaban J connectivity index is 2.64. The van der Waals surface area contributed by atoms with Crippen LogP contribution in [0.25, 0.3) is 0 Å². The molecule has 80 valence electrons. The van der Waals surface area contributed by atoms with Crippen molar-refractivity contribution in [1.82, 2.24) is 0 Å². The van der Waals surface area contributed by atoms with Crippen molar-refractivity contribution in [1.29, 1.82) is 0 Å². The van der Waals surface area contributed by atoms with E-state index in [1.807, 2.05) is 21.1 Å². The minimum Gasteiger partial charge on any atom is -0.481 e. The average molecular weight is 201 g/mol. The monoisotopic (exact) mass is 201 g/mol. The first-order valence-electron chi connectivity index (χ1n) is 4.56. The Kier molecular flexibility index (Phi) is 2.54. The smallest absolute Gasteiger partial charge is 0.307 e. The van der Waals surface area contributed by atoms with Crippen molar-refractivity contribution in [3.05, 3.63) is 0 Å². The second-order valence-electron chi connectivity index (χ2n) is 4.93. The first-order chi connectivity index (χ1) is 6.24. The molecule has 0 spiro atoms. The van der Waals surface area contributed by atoms with Gasteiger partial charge in [0.1, 0.15) is 0 Å². The maximum Gasteiger partial charge on any atom is 0.307 e. The molecule has 1 saturated carbocycles.